The summed E-state index contributed by atoms with van der Waals surface area (Å²) >= 11 is 0. The number of carbonyl (C=O) groups excluding carboxylic acids is 1. The number of hydrogen-bond donors (Lipinski definition) is 2. The number of aromatic amines is 1. The van der Waals surface area contributed by atoms with Crippen LogP contribution in [0.1, 0.15) is 54.7 Å². The highest BCUT2D eigenvalue weighted by Crippen LogP contribution is 2.31. The molecule has 1 aromatic heterocycles. The fourth-order valence-corrected chi connectivity index (χ4v) is 5.14. The van der Waals surface area contributed by atoms with Gasteiger partial charge in [0.25, 0.3) is 5.91 Å². The summed E-state index contributed by atoms with van der Waals surface area (Å²) in [5.41, 5.74) is 3.76. The van der Waals surface area contributed by atoms with Gasteiger partial charge in [-0.15, -0.1) is 0 Å². The van der Waals surface area contributed by atoms with Gasteiger partial charge in [-0.2, -0.15) is 0 Å². The van der Waals surface area contributed by atoms with Gasteiger partial charge < -0.3 is 15.2 Å². The summed E-state index contributed by atoms with van der Waals surface area (Å²) < 4.78 is 0. The summed E-state index contributed by atoms with van der Waals surface area (Å²) in [4.78, 5) is 23.3. The molecule has 2 N–H and O–H groups in total. The van der Waals surface area contributed by atoms with Gasteiger partial charge >= 0.3 is 0 Å². The minimum atomic E-state index is 0.156. The lowest BCUT2D eigenvalue weighted by Gasteiger charge is -2.37. The normalized spacial score (nSPS) is 21.5. The molecule has 2 aromatic rings. The molecular weight excluding hydrogens is 360 g/mol. The molecule has 1 aliphatic carbocycles. The number of likely N-dealkylation sites (tertiary alicyclic amines) is 1. The lowest BCUT2D eigenvalue weighted by atomic mass is 9.79. The Balaban J connectivity index is 1.27. The van der Waals surface area contributed by atoms with Crippen LogP contribution in [-0.4, -0.2) is 47.0 Å². The van der Waals surface area contributed by atoms with E-state index in [4.69, 9.17) is 4.98 Å². The quantitative estimate of drug-likeness (QED) is 0.828. The average Bonchev–Trinajstić information content (AvgIpc) is 3.23. The third kappa shape index (κ3) is 3.88. The van der Waals surface area contributed by atoms with Gasteiger partial charge in [0.2, 0.25) is 0 Å². The monoisotopic (exact) mass is 390 g/mol. The van der Waals surface area contributed by atoms with E-state index < -0.39 is 0 Å². The average molecular weight is 391 g/mol. The van der Waals surface area contributed by atoms with Gasteiger partial charge in [0.15, 0.2) is 0 Å². The van der Waals surface area contributed by atoms with Gasteiger partial charge in [0.1, 0.15) is 5.82 Å². The number of fused-ring (bicyclic) bond motifs is 1. The highest BCUT2D eigenvalue weighted by Gasteiger charge is 2.29. The summed E-state index contributed by atoms with van der Waals surface area (Å²) in [5.74, 6) is 2.68. The Morgan fingerprint density at radius 3 is 2.59 bits per heavy atom. The number of benzene rings is 1. The topological polar surface area (TPSA) is 61.0 Å². The van der Waals surface area contributed by atoms with Crippen molar-refractivity contribution in [1.29, 1.82) is 0 Å². The largest absolute Gasteiger partial charge is 0.339 e. The number of allylic oxidation sites excluding steroid dienone is 4. The van der Waals surface area contributed by atoms with E-state index in [1.807, 2.05) is 23.1 Å². The van der Waals surface area contributed by atoms with Crippen LogP contribution in [0, 0.1) is 11.8 Å². The molecule has 0 spiro atoms. The summed E-state index contributed by atoms with van der Waals surface area (Å²) in [6.07, 6.45) is 13.6. The molecule has 2 fully saturated rings. The molecule has 3 aliphatic rings. The van der Waals surface area contributed by atoms with Crippen molar-refractivity contribution < 1.29 is 4.79 Å². The van der Waals surface area contributed by atoms with Gasteiger partial charge in [0.05, 0.1) is 11.0 Å². The third-order valence-electron chi connectivity index (χ3n) is 6.87. The molecule has 1 aromatic carbocycles. The Morgan fingerprint density at radius 1 is 1.03 bits per heavy atom. The van der Waals surface area contributed by atoms with Crippen molar-refractivity contribution >= 4 is 22.5 Å². The molecule has 0 bridgehead atoms. The molecule has 152 valence electrons. The third-order valence-corrected chi connectivity index (χ3v) is 6.87. The minimum absolute atomic E-state index is 0.156. The first-order chi connectivity index (χ1) is 14.3. The van der Waals surface area contributed by atoms with E-state index in [0.717, 1.165) is 91.7 Å². The molecule has 0 atom stereocenters. The molecule has 0 radical (unpaired) electrons. The highest BCUT2D eigenvalue weighted by molar-refractivity contribution is 5.97. The summed E-state index contributed by atoms with van der Waals surface area (Å²) in [7, 11) is 0. The summed E-state index contributed by atoms with van der Waals surface area (Å²) in [5, 5.41) is 3.46. The van der Waals surface area contributed by atoms with E-state index in [1.165, 1.54) is 12.8 Å². The van der Waals surface area contributed by atoms with Crippen LogP contribution in [0.3, 0.4) is 0 Å². The van der Waals surface area contributed by atoms with E-state index in [1.54, 1.807) is 0 Å². The van der Waals surface area contributed by atoms with Gasteiger partial charge in [-0.1, -0.05) is 18.2 Å². The smallest absolute Gasteiger partial charge is 0.253 e. The van der Waals surface area contributed by atoms with Gasteiger partial charge in [-0.25, -0.2) is 4.98 Å². The second-order valence-electron chi connectivity index (χ2n) is 8.67. The Hall–Kier alpha value is -2.40. The van der Waals surface area contributed by atoms with E-state index in [0.29, 0.717) is 0 Å². The molecule has 3 heterocycles. The predicted molar refractivity (Wildman–Crippen MR) is 117 cm³/mol. The molecule has 5 heteroatoms. The molecule has 5 nitrogen and oxygen atoms in total. The number of H-pyrrole nitrogens is 1. The van der Waals surface area contributed by atoms with Crippen molar-refractivity contribution in [3.8, 4) is 0 Å². The zero-order valence-electron chi connectivity index (χ0n) is 17.0. The number of piperidine rings is 2. The Morgan fingerprint density at radius 2 is 1.83 bits per heavy atom. The number of nitrogens with zero attached hydrogens (tertiary/aromatic N) is 2. The van der Waals surface area contributed by atoms with Gasteiger partial charge in [0, 0.05) is 24.2 Å². The van der Waals surface area contributed by atoms with Crippen molar-refractivity contribution in [2.75, 3.05) is 26.2 Å². The van der Waals surface area contributed by atoms with Crippen LogP contribution >= 0.6 is 0 Å². The number of hydrogen-bond acceptors (Lipinski definition) is 3. The minimum Gasteiger partial charge on any atom is -0.339 e. The number of carbonyl (C=O) groups is 1. The lowest BCUT2D eigenvalue weighted by Crippen LogP contribution is -2.42. The first-order valence-corrected chi connectivity index (χ1v) is 11.1. The molecule has 29 heavy (non-hydrogen) atoms. The Labute approximate surface area is 172 Å². The highest BCUT2D eigenvalue weighted by atomic mass is 16.2. The second kappa shape index (κ2) is 8.15. The molecule has 0 unspecified atom stereocenters. The van der Waals surface area contributed by atoms with Crippen LogP contribution in [0.5, 0.6) is 0 Å². The van der Waals surface area contributed by atoms with E-state index >= 15 is 0 Å². The fourth-order valence-electron chi connectivity index (χ4n) is 5.14. The molecule has 5 rings (SSSR count). The van der Waals surface area contributed by atoms with Gasteiger partial charge in [-0.3, -0.25) is 4.79 Å². The SMILES string of the molecule is O=C(c1ccc2nc(C3=CCCC=C3)[nH]c2c1)N1CCC(C2CCNCC2)CC1. The van der Waals surface area contributed by atoms with Crippen LogP contribution in [0.25, 0.3) is 16.6 Å². The van der Waals surface area contributed by atoms with Crippen molar-refractivity contribution in [2.24, 2.45) is 11.8 Å². The first-order valence-electron chi connectivity index (χ1n) is 11.1. The second-order valence-corrected chi connectivity index (χ2v) is 8.67. The predicted octanol–water partition coefficient (Wildman–Crippen LogP) is 4.15. The zero-order valence-corrected chi connectivity index (χ0v) is 17.0. The van der Waals surface area contributed by atoms with Crippen LogP contribution < -0.4 is 5.32 Å². The van der Waals surface area contributed by atoms with Crippen LogP contribution in [0.4, 0.5) is 0 Å². The maximum atomic E-state index is 13.1. The summed E-state index contributed by atoms with van der Waals surface area (Å²) in [6.45, 7) is 4.08. The molecule has 1 amide bonds. The van der Waals surface area contributed by atoms with E-state index in [2.05, 4.69) is 28.5 Å². The lowest BCUT2D eigenvalue weighted by molar-refractivity contribution is 0.0642. The molecule has 2 saturated heterocycles. The van der Waals surface area contributed by atoms with Crippen molar-refractivity contribution in [1.82, 2.24) is 20.2 Å². The Kier molecular flexibility index (Phi) is 5.23. The van der Waals surface area contributed by atoms with Crippen molar-refractivity contribution in [2.45, 2.75) is 38.5 Å². The van der Waals surface area contributed by atoms with Crippen molar-refractivity contribution in [3.05, 3.63) is 47.8 Å². The fraction of sp³-hybridized carbons (Fsp3) is 0.500. The van der Waals surface area contributed by atoms with Crippen LogP contribution in [-0.2, 0) is 0 Å². The van der Waals surface area contributed by atoms with Crippen molar-refractivity contribution in [3.63, 3.8) is 0 Å². The number of aromatic nitrogens is 2. The molecular formula is C24H30N4O. The van der Waals surface area contributed by atoms with E-state index in [9.17, 15) is 4.79 Å². The van der Waals surface area contributed by atoms with Crippen LogP contribution in [0.2, 0.25) is 0 Å². The first kappa shape index (κ1) is 18.6. The number of amides is 1. The standard InChI is InChI=1S/C24H30N4O/c29-24(28-14-10-18(11-15-28)17-8-12-25-13-9-17)20-6-7-21-22(16-20)27-23(26-21)19-4-2-1-3-5-19/h2,4-7,16-18,25H,1,3,8-15H2,(H,26,27). The molecule has 0 saturated carbocycles. The number of rotatable bonds is 3. The maximum Gasteiger partial charge on any atom is 0.253 e. The van der Waals surface area contributed by atoms with E-state index in [-0.39, 0.29) is 5.91 Å². The Bertz CT molecular complexity index is 943. The number of imidazole rings is 1. The summed E-state index contributed by atoms with van der Waals surface area (Å²) in [6, 6.07) is 5.87. The maximum absolute atomic E-state index is 13.1. The van der Waals surface area contributed by atoms with Gasteiger partial charge in [-0.05, 0) is 81.6 Å². The zero-order chi connectivity index (χ0) is 19.6. The van der Waals surface area contributed by atoms with Crippen LogP contribution in [0.15, 0.2) is 36.4 Å². The molecule has 2 aliphatic heterocycles. The number of nitrogens with one attached hydrogen (secondary N) is 2.